The number of rotatable bonds is 11. The predicted octanol–water partition coefficient (Wildman–Crippen LogP) is 6.89. The van der Waals surface area contributed by atoms with E-state index in [0.29, 0.717) is 6.42 Å². The topological polar surface area (TPSA) is 59.3 Å². The van der Waals surface area contributed by atoms with Crippen molar-refractivity contribution < 1.29 is 4.79 Å². The largest absolute Gasteiger partial charge is 0.273 e. The summed E-state index contributed by atoms with van der Waals surface area (Å²) in [4.78, 5) is 12.2. The minimum atomic E-state index is -0.0468. The van der Waals surface area contributed by atoms with Gasteiger partial charge in [-0.15, -0.1) is 0 Å². The van der Waals surface area contributed by atoms with Crippen molar-refractivity contribution in [1.82, 2.24) is 15.2 Å². The molecule has 0 aliphatic carbocycles. The molecule has 0 aliphatic heterocycles. The zero-order valence-electron chi connectivity index (χ0n) is 19.8. The van der Waals surface area contributed by atoms with Crippen molar-refractivity contribution in [2.24, 2.45) is 5.10 Å². The fraction of sp³-hybridized carbons (Fsp3) is 0.276. The molecule has 174 valence electrons. The molecule has 34 heavy (non-hydrogen) atoms. The second kappa shape index (κ2) is 11.9. The molecule has 0 unspecified atom stereocenters. The van der Waals surface area contributed by atoms with Gasteiger partial charge in [-0.1, -0.05) is 93.6 Å². The fourth-order valence-electron chi connectivity index (χ4n) is 4.05. The number of hydrogen-bond acceptors (Lipinski definition) is 3. The van der Waals surface area contributed by atoms with Crippen molar-refractivity contribution in [3.05, 3.63) is 84.6 Å². The molecule has 0 radical (unpaired) electrons. The van der Waals surface area contributed by atoms with Gasteiger partial charge in [0.1, 0.15) is 5.69 Å². The summed E-state index contributed by atoms with van der Waals surface area (Å²) in [5, 5.41) is 11.4. The van der Waals surface area contributed by atoms with Crippen LogP contribution >= 0.6 is 0 Å². The van der Waals surface area contributed by atoms with E-state index in [1.165, 1.54) is 31.1 Å². The standard InChI is InChI=1S/C29H32N4O/c1-2-3-4-5-6-10-17-28(34)31-30-21-26-22-33(27-15-8-7-9-16-27)32-29(26)25-19-18-23-13-11-12-14-24(23)20-25/h7-9,11-16,18-22H,2-6,10,17H2,1H3,(H,31,34)/b30-21+. The Balaban J connectivity index is 1.50. The smallest absolute Gasteiger partial charge is 0.240 e. The number of amides is 1. The first-order chi connectivity index (χ1) is 16.7. The lowest BCUT2D eigenvalue weighted by atomic mass is 10.0. The highest BCUT2D eigenvalue weighted by atomic mass is 16.2. The highest BCUT2D eigenvalue weighted by Crippen LogP contribution is 2.26. The molecule has 5 heteroatoms. The number of nitrogens with zero attached hydrogens (tertiary/aromatic N) is 3. The summed E-state index contributed by atoms with van der Waals surface area (Å²) < 4.78 is 1.85. The molecule has 0 saturated carbocycles. The Labute approximate surface area is 201 Å². The number of hydrazone groups is 1. The zero-order valence-corrected chi connectivity index (χ0v) is 19.8. The third kappa shape index (κ3) is 6.19. The van der Waals surface area contributed by atoms with Crippen LogP contribution in [0.4, 0.5) is 0 Å². The summed E-state index contributed by atoms with van der Waals surface area (Å²) in [5.41, 5.74) is 6.33. The summed E-state index contributed by atoms with van der Waals surface area (Å²) in [6, 6.07) is 24.6. The van der Waals surface area contributed by atoms with Crippen LogP contribution < -0.4 is 5.43 Å². The molecule has 0 bridgehead atoms. The van der Waals surface area contributed by atoms with Gasteiger partial charge >= 0.3 is 0 Å². The van der Waals surface area contributed by atoms with Crippen molar-refractivity contribution in [2.75, 3.05) is 0 Å². The SMILES string of the molecule is CCCCCCCCC(=O)N/N=C/c1cn(-c2ccccc2)nc1-c1ccc2ccccc2c1. The van der Waals surface area contributed by atoms with E-state index in [4.69, 9.17) is 5.10 Å². The molecular weight excluding hydrogens is 420 g/mol. The number of aromatic nitrogens is 2. The Hall–Kier alpha value is -3.73. The van der Waals surface area contributed by atoms with Crippen LogP contribution in [0.2, 0.25) is 0 Å². The molecule has 4 rings (SSSR count). The van der Waals surface area contributed by atoms with Gasteiger partial charge in [0.05, 0.1) is 11.9 Å². The van der Waals surface area contributed by atoms with Crippen molar-refractivity contribution in [1.29, 1.82) is 0 Å². The van der Waals surface area contributed by atoms with E-state index in [2.05, 4.69) is 47.8 Å². The molecule has 3 aromatic carbocycles. The van der Waals surface area contributed by atoms with E-state index in [9.17, 15) is 4.79 Å². The molecule has 1 aromatic heterocycles. The van der Waals surface area contributed by atoms with Crippen molar-refractivity contribution in [3.63, 3.8) is 0 Å². The van der Waals surface area contributed by atoms with E-state index in [0.717, 1.165) is 40.7 Å². The molecular formula is C29H32N4O. The lowest BCUT2D eigenvalue weighted by molar-refractivity contribution is -0.121. The first-order valence-electron chi connectivity index (χ1n) is 12.2. The molecule has 5 nitrogen and oxygen atoms in total. The summed E-state index contributed by atoms with van der Waals surface area (Å²) in [6.45, 7) is 2.21. The Morgan fingerprint density at radius 1 is 0.912 bits per heavy atom. The number of carbonyl (C=O) groups excluding carboxylic acids is 1. The van der Waals surface area contributed by atoms with Gasteiger partial charge in [-0.3, -0.25) is 4.79 Å². The first kappa shape index (κ1) is 23.4. The average molecular weight is 453 g/mol. The number of unbranched alkanes of at least 4 members (excludes halogenated alkanes) is 5. The Kier molecular flexibility index (Phi) is 8.22. The second-order valence-corrected chi connectivity index (χ2v) is 8.59. The minimum absolute atomic E-state index is 0.0468. The fourth-order valence-corrected chi connectivity index (χ4v) is 4.05. The number of nitrogens with one attached hydrogen (secondary N) is 1. The second-order valence-electron chi connectivity index (χ2n) is 8.59. The van der Waals surface area contributed by atoms with E-state index in [-0.39, 0.29) is 5.91 Å². The van der Waals surface area contributed by atoms with Crippen molar-refractivity contribution in [3.8, 4) is 16.9 Å². The molecule has 1 amide bonds. The highest BCUT2D eigenvalue weighted by Gasteiger charge is 2.12. The Bertz CT molecular complexity index is 1240. The van der Waals surface area contributed by atoms with Gasteiger partial charge in [-0.25, -0.2) is 10.1 Å². The normalized spacial score (nSPS) is 11.3. The lowest BCUT2D eigenvalue weighted by Gasteiger charge is -2.03. The highest BCUT2D eigenvalue weighted by molar-refractivity contribution is 5.93. The van der Waals surface area contributed by atoms with Crippen LogP contribution in [-0.2, 0) is 4.79 Å². The van der Waals surface area contributed by atoms with Crippen molar-refractivity contribution >= 4 is 22.9 Å². The first-order valence-corrected chi connectivity index (χ1v) is 12.2. The van der Waals surface area contributed by atoms with Crippen LogP contribution in [0.25, 0.3) is 27.7 Å². The molecule has 0 atom stereocenters. The number of fused-ring (bicyclic) bond motifs is 1. The van der Waals surface area contributed by atoms with Gasteiger partial charge in [0.25, 0.3) is 0 Å². The number of para-hydroxylation sites is 1. The Morgan fingerprint density at radius 2 is 1.65 bits per heavy atom. The van der Waals surface area contributed by atoms with E-state index in [1.54, 1.807) is 6.21 Å². The number of hydrogen-bond donors (Lipinski definition) is 1. The Morgan fingerprint density at radius 3 is 2.47 bits per heavy atom. The maximum atomic E-state index is 12.2. The van der Waals surface area contributed by atoms with Gasteiger partial charge in [-0.05, 0) is 35.4 Å². The van der Waals surface area contributed by atoms with Crippen LogP contribution in [0.1, 0.15) is 57.4 Å². The third-order valence-electron chi connectivity index (χ3n) is 5.94. The van der Waals surface area contributed by atoms with Gasteiger partial charge in [0.2, 0.25) is 5.91 Å². The van der Waals surface area contributed by atoms with Crippen LogP contribution in [0.5, 0.6) is 0 Å². The molecule has 0 aliphatic rings. The lowest BCUT2D eigenvalue weighted by Crippen LogP contribution is -2.16. The van der Waals surface area contributed by atoms with Crippen LogP contribution in [-0.4, -0.2) is 21.9 Å². The van der Waals surface area contributed by atoms with E-state index < -0.39 is 0 Å². The predicted molar refractivity (Wildman–Crippen MR) is 140 cm³/mol. The third-order valence-corrected chi connectivity index (χ3v) is 5.94. The number of benzene rings is 3. The van der Waals surface area contributed by atoms with Crippen LogP contribution in [0, 0.1) is 0 Å². The average Bonchev–Trinajstić information content (AvgIpc) is 3.30. The summed E-state index contributed by atoms with van der Waals surface area (Å²) in [5.74, 6) is -0.0468. The van der Waals surface area contributed by atoms with Crippen LogP contribution in [0.3, 0.4) is 0 Å². The van der Waals surface area contributed by atoms with E-state index in [1.807, 2.05) is 53.3 Å². The maximum absolute atomic E-state index is 12.2. The summed E-state index contributed by atoms with van der Waals surface area (Å²) in [6.07, 6.45) is 11.1. The number of carbonyl (C=O) groups is 1. The van der Waals surface area contributed by atoms with Gasteiger partial charge in [0.15, 0.2) is 0 Å². The molecule has 4 aromatic rings. The summed E-state index contributed by atoms with van der Waals surface area (Å²) in [7, 11) is 0. The molecule has 0 saturated heterocycles. The van der Waals surface area contributed by atoms with Gasteiger partial charge < -0.3 is 0 Å². The monoisotopic (exact) mass is 452 g/mol. The van der Waals surface area contributed by atoms with Gasteiger partial charge in [-0.2, -0.15) is 10.2 Å². The van der Waals surface area contributed by atoms with Crippen LogP contribution in [0.15, 0.2) is 84.1 Å². The van der Waals surface area contributed by atoms with Gasteiger partial charge in [0, 0.05) is 23.7 Å². The molecule has 1 heterocycles. The minimum Gasteiger partial charge on any atom is -0.273 e. The molecule has 0 spiro atoms. The zero-order chi connectivity index (χ0) is 23.6. The van der Waals surface area contributed by atoms with Crippen molar-refractivity contribution in [2.45, 2.75) is 51.9 Å². The quantitative estimate of drug-likeness (QED) is 0.153. The van der Waals surface area contributed by atoms with E-state index >= 15 is 0 Å². The molecule has 1 N–H and O–H groups in total. The maximum Gasteiger partial charge on any atom is 0.240 e. The summed E-state index contributed by atoms with van der Waals surface area (Å²) >= 11 is 0. The molecule has 0 fully saturated rings.